The molecule has 2 aromatic carbocycles. The summed E-state index contributed by atoms with van der Waals surface area (Å²) in [6, 6.07) is 7.83. The van der Waals surface area contributed by atoms with E-state index in [9.17, 15) is 27.8 Å². The fraction of sp³-hybridized carbons (Fsp3) is 0.250. The number of carboxylic acids is 1. The second kappa shape index (κ2) is 7.96. The number of methoxy groups -OCH3 is 1. The lowest BCUT2D eigenvalue weighted by Gasteiger charge is -2.25. The summed E-state index contributed by atoms with van der Waals surface area (Å²) in [5.41, 5.74) is 0.365. The number of furan rings is 1. The first-order valence-electron chi connectivity index (χ1n) is 8.82. The molecule has 0 saturated carbocycles. The molecule has 0 bridgehead atoms. The highest BCUT2D eigenvalue weighted by atomic mass is 32.2. The Balaban J connectivity index is 2.31. The Morgan fingerprint density at radius 1 is 1.27 bits per heavy atom. The van der Waals surface area contributed by atoms with Crippen LogP contribution in [0.5, 0.6) is 5.75 Å². The number of hydrogen-bond donors (Lipinski definition) is 2. The van der Waals surface area contributed by atoms with Gasteiger partial charge in [0.25, 0.3) is 0 Å². The summed E-state index contributed by atoms with van der Waals surface area (Å²) in [6.07, 6.45) is 0.00872. The largest absolute Gasteiger partial charge is 0.495 e. The predicted octanol–water partition coefficient (Wildman–Crippen LogP) is 3.09. The number of carbonyl (C=O) groups is 1. The second-order valence-electron chi connectivity index (χ2n) is 6.78. The Bertz CT molecular complexity index is 1200. The van der Waals surface area contributed by atoms with E-state index in [1.807, 2.05) is 0 Å². The van der Waals surface area contributed by atoms with Crippen LogP contribution in [0, 0.1) is 5.82 Å². The molecule has 0 spiro atoms. The van der Waals surface area contributed by atoms with E-state index < -0.39 is 27.9 Å². The molecular formula is C20H20FNO7S. The molecule has 1 unspecified atom stereocenters. The van der Waals surface area contributed by atoms with E-state index in [1.165, 1.54) is 50.4 Å². The standard InChI is InChI=1S/C20H20FNO7S/c1-11(23)10-22(30(3,26)27)15-9-16-14(8-17(15)28-2)18(20(24)25)19(29-16)12-4-6-13(21)7-5-12/h4-9,11,23H,10H2,1-3H3,(H,24,25). The van der Waals surface area contributed by atoms with Crippen molar-refractivity contribution in [1.29, 1.82) is 0 Å². The minimum atomic E-state index is -3.80. The van der Waals surface area contributed by atoms with E-state index in [-0.39, 0.29) is 40.3 Å². The number of anilines is 1. The van der Waals surface area contributed by atoms with Gasteiger partial charge in [0.2, 0.25) is 10.0 Å². The van der Waals surface area contributed by atoms with Crippen LogP contribution in [0.15, 0.2) is 40.8 Å². The number of rotatable bonds is 7. The maximum Gasteiger partial charge on any atom is 0.340 e. The van der Waals surface area contributed by atoms with Gasteiger partial charge < -0.3 is 19.4 Å². The number of halogens is 1. The fourth-order valence-electron chi connectivity index (χ4n) is 3.14. The average Bonchev–Trinajstić information content (AvgIpc) is 3.03. The van der Waals surface area contributed by atoms with Crippen molar-refractivity contribution >= 4 is 32.6 Å². The van der Waals surface area contributed by atoms with Gasteiger partial charge in [0.05, 0.1) is 31.7 Å². The Kier molecular flexibility index (Phi) is 5.73. The zero-order valence-electron chi connectivity index (χ0n) is 16.4. The summed E-state index contributed by atoms with van der Waals surface area (Å²) in [6.45, 7) is 1.20. The number of aliphatic hydroxyl groups excluding tert-OH is 1. The van der Waals surface area contributed by atoms with Crippen LogP contribution in [0.3, 0.4) is 0 Å². The van der Waals surface area contributed by atoms with Gasteiger partial charge in [-0.1, -0.05) is 0 Å². The first-order valence-corrected chi connectivity index (χ1v) is 10.7. The van der Waals surface area contributed by atoms with Gasteiger partial charge in [-0.2, -0.15) is 0 Å². The fourth-order valence-corrected chi connectivity index (χ4v) is 4.13. The molecule has 0 aliphatic rings. The SMILES string of the molecule is COc1cc2c(C(=O)O)c(-c3ccc(F)cc3)oc2cc1N(CC(C)O)S(C)(=O)=O. The molecule has 0 aliphatic carbocycles. The van der Waals surface area contributed by atoms with Gasteiger partial charge >= 0.3 is 5.97 Å². The number of aliphatic hydroxyl groups is 1. The Labute approximate surface area is 172 Å². The lowest BCUT2D eigenvalue weighted by atomic mass is 10.0. The van der Waals surface area contributed by atoms with E-state index in [1.54, 1.807) is 0 Å². The van der Waals surface area contributed by atoms with Crippen LogP contribution < -0.4 is 9.04 Å². The molecule has 0 fully saturated rings. The van der Waals surface area contributed by atoms with E-state index in [4.69, 9.17) is 9.15 Å². The van der Waals surface area contributed by atoms with Gasteiger partial charge in [-0.3, -0.25) is 4.31 Å². The number of benzene rings is 2. The van der Waals surface area contributed by atoms with Crippen LogP contribution in [0.4, 0.5) is 10.1 Å². The highest BCUT2D eigenvalue weighted by Gasteiger charge is 2.28. The molecule has 30 heavy (non-hydrogen) atoms. The maximum absolute atomic E-state index is 13.3. The lowest BCUT2D eigenvalue weighted by molar-refractivity contribution is 0.0699. The number of fused-ring (bicyclic) bond motifs is 1. The zero-order valence-corrected chi connectivity index (χ0v) is 17.2. The van der Waals surface area contributed by atoms with E-state index >= 15 is 0 Å². The van der Waals surface area contributed by atoms with Crippen molar-refractivity contribution in [2.75, 3.05) is 24.2 Å². The minimum Gasteiger partial charge on any atom is -0.495 e. The quantitative estimate of drug-likeness (QED) is 0.583. The van der Waals surface area contributed by atoms with Gasteiger partial charge in [0.1, 0.15) is 28.5 Å². The van der Waals surface area contributed by atoms with Crippen LogP contribution >= 0.6 is 0 Å². The Hall–Kier alpha value is -3.11. The molecule has 160 valence electrons. The molecule has 0 saturated heterocycles. The predicted molar refractivity (Wildman–Crippen MR) is 109 cm³/mol. The summed E-state index contributed by atoms with van der Waals surface area (Å²) in [5.74, 6) is -1.68. The van der Waals surface area contributed by atoms with Crippen molar-refractivity contribution < 1.29 is 37.0 Å². The molecule has 1 heterocycles. The number of hydrogen-bond acceptors (Lipinski definition) is 6. The highest BCUT2D eigenvalue weighted by molar-refractivity contribution is 7.92. The van der Waals surface area contributed by atoms with Crippen LogP contribution in [0.25, 0.3) is 22.3 Å². The van der Waals surface area contributed by atoms with E-state index in [0.29, 0.717) is 5.56 Å². The number of nitrogens with zero attached hydrogens (tertiary/aromatic N) is 1. The lowest BCUT2D eigenvalue weighted by Crippen LogP contribution is -2.36. The van der Waals surface area contributed by atoms with Crippen molar-refractivity contribution in [2.24, 2.45) is 0 Å². The third-order valence-electron chi connectivity index (χ3n) is 4.41. The molecular weight excluding hydrogens is 417 g/mol. The average molecular weight is 437 g/mol. The second-order valence-corrected chi connectivity index (χ2v) is 8.69. The third-order valence-corrected chi connectivity index (χ3v) is 5.56. The van der Waals surface area contributed by atoms with Gasteiger partial charge in [0, 0.05) is 17.0 Å². The third kappa shape index (κ3) is 4.10. The molecule has 10 heteroatoms. The van der Waals surface area contributed by atoms with Crippen molar-refractivity contribution in [3.63, 3.8) is 0 Å². The molecule has 1 atom stereocenters. The van der Waals surface area contributed by atoms with Gasteiger partial charge in [-0.25, -0.2) is 17.6 Å². The number of carboxylic acid groups (broad SMARTS) is 1. The molecule has 3 aromatic rings. The Morgan fingerprint density at radius 3 is 2.40 bits per heavy atom. The molecule has 1 aromatic heterocycles. The monoisotopic (exact) mass is 437 g/mol. The van der Waals surface area contributed by atoms with Crippen LogP contribution in [0.1, 0.15) is 17.3 Å². The smallest absolute Gasteiger partial charge is 0.340 e. The molecule has 0 aliphatic heterocycles. The van der Waals surface area contributed by atoms with Crippen molar-refractivity contribution in [3.8, 4) is 17.1 Å². The zero-order chi connectivity index (χ0) is 22.2. The molecule has 0 amide bonds. The first kappa shape index (κ1) is 21.6. The highest BCUT2D eigenvalue weighted by Crippen LogP contribution is 2.41. The topological polar surface area (TPSA) is 117 Å². The van der Waals surface area contributed by atoms with Gasteiger partial charge in [-0.05, 0) is 37.3 Å². The maximum atomic E-state index is 13.3. The van der Waals surface area contributed by atoms with Crippen LogP contribution in [0.2, 0.25) is 0 Å². The Morgan fingerprint density at radius 2 is 1.90 bits per heavy atom. The summed E-state index contributed by atoms with van der Waals surface area (Å²) >= 11 is 0. The van der Waals surface area contributed by atoms with Gasteiger partial charge in [0.15, 0.2) is 0 Å². The van der Waals surface area contributed by atoms with E-state index in [0.717, 1.165) is 10.6 Å². The molecule has 2 N–H and O–H groups in total. The summed E-state index contributed by atoms with van der Waals surface area (Å²) in [5, 5.41) is 19.7. The van der Waals surface area contributed by atoms with Crippen molar-refractivity contribution in [1.82, 2.24) is 0 Å². The van der Waals surface area contributed by atoms with Gasteiger partial charge in [-0.15, -0.1) is 0 Å². The number of sulfonamides is 1. The number of aromatic carboxylic acids is 1. The van der Waals surface area contributed by atoms with E-state index in [2.05, 4.69) is 0 Å². The van der Waals surface area contributed by atoms with Crippen molar-refractivity contribution in [2.45, 2.75) is 13.0 Å². The summed E-state index contributed by atoms with van der Waals surface area (Å²) in [7, 11) is -2.48. The van der Waals surface area contributed by atoms with Crippen LogP contribution in [-0.4, -0.2) is 50.6 Å². The molecule has 0 radical (unpaired) electrons. The number of ether oxygens (including phenoxy) is 1. The molecule has 3 rings (SSSR count). The summed E-state index contributed by atoms with van der Waals surface area (Å²) < 4.78 is 49.9. The molecule has 8 nitrogen and oxygen atoms in total. The normalized spacial score (nSPS) is 12.7. The van der Waals surface area contributed by atoms with Crippen LogP contribution in [-0.2, 0) is 10.0 Å². The van der Waals surface area contributed by atoms with Crippen molar-refractivity contribution in [3.05, 3.63) is 47.8 Å². The summed E-state index contributed by atoms with van der Waals surface area (Å²) in [4.78, 5) is 11.9. The first-order chi connectivity index (χ1) is 14.0. The minimum absolute atomic E-state index is 0.00173.